The lowest BCUT2D eigenvalue weighted by molar-refractivity contribution is 0.122. The van der Waals surface area contributed by atoms with Crippen molar-refractivity contribution in [3.05, 3.63) is 35.9 Å². The molecule has 0 aliphatic rings. The van der Waals surface area contributed by atoms with Crippen LogP contribution in [0.3, 0.4) is 0 Å². The number of rotatable bonds is 8. The molecule has 5 heteroatoms. The molecule has 0 atom stereocenters. The second-order valence-corrected chi connectivity index (χ2v) is 5.02. The van der Waals surface area contributed by atoms with Crippen LogP contribution < -0.4 is 0 Å². The van der Waals surface area contributed by atoms with Gasteiger partial charge in [0, 0.05) is 0 Å². The van der Waals surface area contributed by atoms with Crippen molar-refractivity contribution in [2.75, 3.05) is 19.8 Å². The average molecular weight is 258 g/mol. The van der Waals surface area contributed by atoms with E-state index in [1.54, 1.807) is 13.8 Å². The number of hydrogen-bond acceptors (Lipinski definition) is 4. The van der Waals surface area contributed by atoms with Crippen molar-refractivity contribution in [1.29, 1.82) is 0 Å². The highest BCUT2D eigenvalue weighted by Gasteiger charge is 2.24. The molecule has 0 saturated carbocycles. The number of benzene rings is 1. The van der Waals surface area contributed by atoms with Crippen LogP contribution in [0.1, 0.15) is 19.4 Å². The van der Waals surface area contributed by atoms with E-state index in [-0.39, 0.29) is 0 Å². The van der Waals surface area contributed by atoms with Crippen LogP contribution in [0.15, 0.2) is 30.3 Å². The first-order valence-electron chi connectivity index (χ1n) is 5.77. The highest BCUT2D eigenvalue weighted by Crippen LogP contribution is 2.49. The van der Waals surface area contributed by atoms with Gasteiger partial charge in [0.15, 0.2) is 0 Å². The second-order valence-electron chi connectivity index (χ2n) is 3.35. The van der Waals surface area contributed by atoms with Gasteiger partial charge in [-0.3, -0.25) is 13.6 Å². The summed E-state index contributed by atoms with van der Waals surface area (Å²) < 4.78 is 27.2. The van der Waals surface area contributed by atoms with E-state index in [1.807, 2.05) is 30.3 Å². The van der Waals surface area contributed by atoms with Crippen molar-refractivity contribution in [3.8, 4) is 0 Å². The molecule has 0 amide bonds. The zero-order valence-electron chi connectivity index (χ0n) is 10.3. The van der Waals surface area contributed by atoms with Crippen LogP contribution in [0.5, 0.6) is 0 Å². The van der Waals surface area contributed by atoms with E-state index in [0.29, 0.717) is 26.2 Å². The van der Waals surface area contributed by atoms with E-state index in [1.165, 1.54) is 0 Å². The number of phosphoric ester groups is 1. The lowest BCUT2D eigenvalue weighted by atomic mass is 10.2. The van der Waals surface area contributed by atoms with Gasteiger partial charge in [0.25, 0.3) is 0 Å². The normalized spacial score (nSPS) is 11.6. The lowest BCUT2D eigenvalue weighted by Crippen LogP contribution is -2.03. The van der Waals surface area contributed by atoms with Crippen molar-refractivity contribution >= 4 is 7.82 Å². The summed E-state index contributed by atoms with van der Waals surface area (Å²) in [6, 6.07) is 9.86. The summed E-state index contributed by atoms with van der Waals surface area (Å²) in [5.74, 6) is 0. The summed E-state index contributed by atoms with van der Waals surface area (Å²) in [5, 5.41) is 0. The van der Waals surface area contributed by atoms with Crippen molar-refractivity contribution in [2.45, 2.75) is 20.3 Å². The fourth-order valence-electron chi connectivity index (χ4n) is 1.35. The Morgan fingerprint density at radius 1 is 1.00 bits per heavy atom. The minimum absolute atomic E-state index is 0.308. The molecular weight excluding hydrogens is 239 g/mol. The summed E-state index contributed by atoms with van der Waals surface area (Å²) in [7, 11) is -3.36. The molecule has 0 spiro atoms. The van der Waals surface area contributed by atoms with Crippen molar-refractivity contribution in [3.63, 3.8) is 0 Å². The highest BCUT2D eigenvalue weighted by atomic mass is 31.2. The summed E-state index contributed by atoms with van der Waals surface area (Å²) in [6.07, 6.45) is 0.685. The first-order valence-corrected chi connectivity index (χ1v) is 7.24. The van der Waals surface area contributed by atoms with Crippen LogP contribution in [-0.2, 0) is 24.6 Å². The van der Waals surface area contributed by atoms with Gasteiger partial charge in [0.05, 0.1) is 19.8 Å². The molecule has 0 heterocycles. The second kappa shape index (κ2) is 7.62. The van der Waals surface area contributed by atoms with E-state index in [4.69, 9.17) is 13.6 Å². The predicted molar refractivity (Wildman–Crippen MR) is 67.0 cm³/mol. The first kappa shape index (κ1) is 14.4. The van der Waals surface area contributed by atoms with Crippen LogP contribution in [0.2, 0.25) is 0 Å². The molecular formula is C12H19O4P. The van der Waals surface area contributed by atoms with Gasteiger partial charge in [-0.25, -0.2) is 4.57 Å². The number of phosphoric acid groups is 1. The van der Waals surface area contributed by atoms with E-state index >= 15 is 0 Å². The molecule has 1 aromatic rings. The largest absolute Gasteiger partial charge is 0.474 e. The summed E-state index contributed by atoms with van der Waals surface area (Å²) >= 11 is 0. The molecule has 0 radical (unpaired) electrons. The minimum atomic E-state index is -3.36. The van der Waals surface area contributed by atoms with Crippen LogP contribution >= 0.6 is 7.82 Å². The third-order valence-corrected chi connectivity index (χ3v) is 3.71. The summed E-state index contributed by atoms with van der Waals surface area (Å²) in [5.41, 5.74) is 1.13. The van der Waals surface area contributed by atoms with Crippen molar-refractivity contribution in [1.82, 2.24) is 0 Å². The molecule has 0 aliphatic heterocycles. The average Bonchev–Trinajstić information content (AvgIpc) is 2.31. The Labute approximate surface area is 103 Å². The monoisotopic (exact) mass is 258 g/mol. The fourth-order valence-corrected chi connectivity index (χ4v) is 2.52. The van der Waals surface area contributed by atoms with Gasteiger partial charge in [0.2, 0.25) is 0 Å². The van der Waals surface area contributed by atoms with Gasteiger partial charge >= 0.3 is 7.82 Å². The third kappa shape index (κ3) is 5.46. The molecule has 0 fully saturated rings. The maximum atomic E-state index is 11.9. The Kier molecular flexibility index (Phi) is 6.45. The SMILES string of the molecule is CCOP(=O)(OCC)OCCc1ccccc1. The van der Waals surface area contributed by atoms with E-state index in [0.717, 1.165) is 5.56 Å². The zero-order valence-corrected chi connectivity index (χ0v) is 11.2. The maximum absolute atomic E-state index is 11.9. The van der Waals surface area contributed by atoms with Gasteiger partial charge < -0.3 is 0 Å². The highest BCUT2D eigenvalue weighted by molar-refractivity contribution is 7.48. The van der Waals surface area contributed by atoms with Gasteiger partial charge in [-0.1, -0.05) is 30.3 Å². The maximum Gasteiger partial charge on any atom is 0.474 e. The number of hydrogen-bond donors (Lipinski definition) is 0. The molecule has 0 unspecified atom stereocenters. The van der Waals surface area contributed by atoms with Crippen LogP contribution in [-0.4, -0.2) is 19.8 Å². The molecule has 0 aliphatic carbocycles. The van der Waals surface area contributed by atoms with Gasteiger partial charge in [0.1, 0.15) is 0 Å². The Balaban J connectivity index is 2.40. The lowest BCUT2D eigenvalue weighted by Gasteiger charge is -2.16. The fraction of sp³-hybridized carbons (Fsp3) is 0.500. The predicted octanol–water partition coefficient (Wildman–Crippen LogP) is 3.43. The van der Waals surface area contributed by atoms with Crippen LogP contribution in [0.25, 0.3) is 0 Å². The third-order valence-electron chi connectivity index (χ3n) is 2.06. The first-order chi connectivity index (χ1) is 8.20. The van der Waals surface area contributed by atoms with Gasteiger partial charge in [-0.2, -0.15) is 0 Å². The van der Waals surface area contributed by atoms with E-state index in [9.17, 15) is 4.57 Å². The van der Waals surface area contributed by atoms with Crippen molar-refractivity contribution in [2.24, 2.45) is 0 Å². The van der Waals surface area contributed by atoms with Gasteiger partial charge in [-0.15, -0.1) is 0 Å². The smallest absolute Gasteiger partial charge is 0.287 e. The summed E-state index contributed by atoms with van der Waals surface area (Å²) in [6.45, 7) is 4.45. The molecule has 4 nitrogen and oxygen atoms in total. The molecule has 0 saturated heterocycles. The topological polar surface area (TPSA) is 44.8 Å². The summed E-state index contributed by atoms with van der Waals surface area (Å²) in [4.78, 5) is 0. The van der Waals surface area contributed by atoms with Crippen LogP contribution in [0.4, 0.5) is 0 Å². The zero-order chi connectivity index (χ0) is 12.6. The van der Waals surface area contributed by atoms with Crippen LogP contribution in [0, 0.1) is 0 Å². The molecule has 0 aromatic heterocycles. The Bertz CT molecular complexity index is 343. The molecule has 17 heavy (non-hydrogen) atoms. The Morgan fingerprint density at radius 3 is 2.12 bits per heavy atom. The quantitative estimate of drug-likeness (QED) is 0.670. The van der Waals surface area contributed by atoms with Crippen molar-refractivity contribution < 1.29 is 18.1 Å². The molecule has 0 bridgehead atoms. The Morgan fingerprint density at radius 2 is 1.59 bits per heavy atom. The molecule has 96 valence electrons. The van der Waals surface area contributed by atoms with Gasteiger partial charge in [-0.05, 0) is 25.8 Å². The molecule has 1 rings (SSSR count). The molecule has 0 N–H and O–H groups in total. The minimum Gasteiger partial charge on any atom is -0.287 e. The standard InChI is InChI=1S/C12H19O4P/c1-3-14-17(13,15-4-2)16-11-10-12-8-6-5-7-9-12/h5-9H,3-4,10-11H2,1-2H3. The Hall–Kier alpha value is -0.670. The molecule has 1 aromatic carbocycles. The van der Waals surface area contributed by atoms with E-state index < -0.39 is 7.82 Å². The van der Waals surface area contributed by atoms with E-state index in [2.05, 4.69) is 0 Å².